The summed E-state index contributed by atoms with van der Waals surface area (Å²) in [5, 5.41) is 0. The standard InChI is InChI=1S/C18H23N3O2/c1-13-10-21(11-14(2)23-13)17-9-16(12-22-3)19-18(20-17)15-7-5-4-6-8-15/h4-9,13-14H,10-12H2,1-3H3/t13-,14+. The van der Waals surface area contributed by atoms with E-state index in [4.69, 9.17) is 14.5 Å². The van der Waals surface area contributed by atoms with Crippen molar-refractivity contribution < 1.29 is 9.47 Å². The van der Waals surface area contributed by atoms with E-state index < -0.39 is 0 Å². The third-order valence-electron chi connectivity index (χ3n) is 3.83. The molecule has 0 spiro atoms. The maximum atomic E-state index is 5.82. The predicted molar refractivity (Wildman–Crippen MR) is 90.4 cm³/mol. The summed E-state index contributed by atoms with van der Waals surface area (Å²) in [4.78, 5) is 11.7. The van der Waals surface area contributed by atoms with Gasteiger partial charge in [-0.3, -0.25) is 0 Å². The first-order valence-electron chi connectivity index (χ1n) is 7.98. The van der Waals surface area contributed by atoms with Crippen LogP contribution in [0, 0.1) is 0 Å². The zero-order valence-electron chi connectivity index (χ0n) is 13.9. The van der Waals surface area contributed by atoms with Gasteiger partial charge in [-0.25, -0.2) is 9.97 Å². The lowest BCUT2D eigenvalue weighted by molar-refractivity contribution is -0.00547. The zero-order valence-corrected chi connectivity index (χ0v) is 13.9. The van der Waals surface area contributed by atoms with Crippen molar-refractivity contribution in [2.75, 3.05) is 25.1 Å². The van der Waals surface area contributed by atoms with Crippen LogP contribution in [-0.2, 0) is 16.1 Å². The van der Waals surface area contributed by atoms with E-state index in [0.717, 1.165) is 36.0 Å². The number of hydrogen-bond donors (Lipinski definition) is 0. The molecule has 0 unspecified atom stereocenters. The van der Waals surface area contributed by atoms with Crippen molar-refractivity contribution >= 4 is 5.82 Å². The van der Waals surface area contributed by atoms with E-state index >= 15 is 0 Å². The molecular weight excluding hydrogens is 290 g/mol. The Morgan fingerprint density at radius 3 is 2.48 bits per heavy atom. The van der Waals surface area contributed by atoms with Gasteiger partial charge in [-0.1, -0.05) is 30.3 Å². The van der Waals surface area contributed by atoms with Gasteiger partial charge in [-0.05, 0) is 13.8 Å². The highest BCUT2D eigenvalue weighted by molar-refractivity contribution is 5.58. The molecule has 2 aromatic rings. The first kappa shape index (κ1) is 15.9. The van der Waals surface area contributed by atoms with Gasteiger partial charge in [0.25, 0.3) is 0 Å². The Labute approximate surface area is 137 Å². The van der Waals surface area contributed by atoms with Crippen LogP contribution < -0.4 is 4.90 Å². The second kappa shape index (κ2) is 7.06. The molecule has 1 saturated heterocycles. The van der Waals surface area contributed by atoms with E-state index in [2.05, 4.69) is 23.7 Å². The summed E-state index contributed by atoms with van der Waals surface area (Å²) in [6.45, 7) is 6.34. The van der Waals surface area contributed by atoms with Crippen LogP contribution in [-0.4, -0.2) is 42.4 Å². The van der Waals surface area contributed by atoms with Crippen molar-refractivity contribution in [3.63, 3.8) is 0 Å². The Morgan fingerprint density at radius 1 is 1.13 bits per heavy atom. The smallest absolute Gasteiger partial charge is 0.161 e. The Kier molecular flexibility index (Phi) is 4.88. The number of aromatic nitrogens is 2. The Bertz CT molecular complexity index is 638. The Balaban J connectivity index is 1.97. The fourth-order valence-electron chi connectivity index (χ4n) is 2.95. The molecule has 0 radical (unpaired) electrons. The monoisotopic (exact) mass is 313 g/mol. The van der Waals surface area contributed by atoms with Crippen LogP contribution in [0.5, 0.6) is 0 Å². The lowest BCUT2D eigenvalue weighted by Gasteiger charge is -2.36. The maximum Gasteiger partial charge on any atom is 0.161 e. The van der Waals surface area contributed by atoms with Gasteiger partial charge in [0, 0.05) is 31.8 Å². The van der Waals surface area contributed by atoms with E-state index in [1.807, 2.05) is 36.4 Å². The topological polar surface area (TPSA) is 47.5 Å². The number of nitrogens with zero attached hydrogens (tertiary/aromatic N) is 3. The van der Waals surface area contributed by atoms with Crippen molar-refractivity contribution in [3.8, 4) is 11.4 Å². The first-order chi connectivity index (χ1) is 11.2. The number of hydrogen-bond acceptors (Lipinski definition) is 5. The molecule has 122 valence electrons. The third kappa shape index (κ3) is 3.86. The average molecular weight is 313 g/mol. The minimum Gasteiger partial charge on any atom is -0.378 e. The van der Waals surface area contributed by atoms with Gasteiger partial charge in [0.05, 0.1) is 24.5 Å². The third-order valence-corrected chi connectivity index (χ3v) is 3.83. The second-order valence-corrected chi connectivity index (χ2v) is 6.00. The lowest BCUT2D eigenvalue weighted by atomic mass is 10.2. The summed E-state index contributed by atoms with van der Waals surface area (Å²) in [5.41, 5.74) is 1.91. The van der Waals surface area contributed by atoms with E-state index in [-0.39, 0.29) is 12.2 Å². The lowest BCUT2D eigenvalue weighted by Crippen LogP contribution is -2.46. The molecule has 0 aliphatic carbocycles. The molecule has 1 aliphatic rings. The minimum atomic E-state index is 0.194. The highest BCUT2D eigenvalue weighted by Crippen LogP contribution is 2.23. The van der Waals surface area contributed by atoms with E-state index in [1.165, 1.54) is 0 Å². The minimum absolute atomic E-state index is 0.194. The summed E-state index contributed by atoms with van der Waals surface area (Å²) in [5.74, 6) is 1.68. The van der Waals surface area contributed by atoms with Crippen molar-refractivity contribution in [2.45, 2.75) is 32.7 Å². The maximum absolute atomic E-state index is 5.82. The molecule has 23 heavy (non-hydrogen) atoms. The van der Waals surface area contributed by atoms with Gasteiger partial charge in [-0.2, -0.15) is 0 Å². The molecule has 3 rings (SSSR count). The molecule has 1 aromatic carbocycles. The molecule has 0 saturated carbocycles. The molecule has 0 amide bonds. The van der Waals surface area contributed by atoms with Crippen LogP contribution in [0.3, 0.4) is 0 Å². The molecule has 2 heterocycles. The number of anilines is 1. The fraction of sp³-hybridized carbons (Fsp3) is 0.444. The number of benzene rings is 1. The van der Waals surface area contributed by atoms with Crippen molar-refractivity contribution in [1.29, 1.82) is 0 Å². The highest BCUT2D eigenvalue weighted by Gasteiger charge is 2.24. The zero-order chi connectivity index (χ0) is 16.2. The quantitative estimate of drug-likeness (QED) is 0.868. The molecule has 2 atom stereocenters. The second-order valence-electron chi connectivity index (χ2n) is 6.00. The van der Waals surface area contributed by atoms with Crippen LogP contribution in [0.2, 0.25) is 0 Å². The molecule has 5 nitrogen and oxygen atoms in total. The normalized spacial score (nSPS) is 21.4. The van der Waals surface area contributed by atoms with Crippen molar-refractivity contribution in [2.24, 2.45) is 0 Å². The Morgan fingerprint density at radius 2 is 1.83 bits per heavy atom. The van der Waals surface area contributed by atoms with Crippen LogP contribution in [0.4, 0.5) is 5.82 Å². The molecule has 0 bridgehead atoms. The number of ether oxygens (including phenoxy) is 2. The van der Waals surface area contributed by atoms with Gasteiger partial charge in [0.15, 0.2) is 5.82 Å². The van der Waals surface area contributed by atoms with E-state index in [9.17, 15) is 0 Å². The molecule has 0 N–H and O–H groups in total. The van der Waals surface area contributed by atoms with Gasteiger partial charge in [-0.15, -0.1) is 0 Å². The van der Waals surface area contributed by atoms with Gasteiger partial charge >= 0.3 is 0 Å². The van der Waals surface area contributed by atoms with Gasteiger partial charge in [0.1, 0.15) is 5.82 Å². The first-order valence-corrected chi connectivity index (χ1v) is 7.98. The molecule has 1 aliphatic heterocycles. The number of rotatable bonds is 4. The number of morpholine rings is 1. The molecule has 1 fully saturated rings. The fourth-order valence-corrected chi connectivity index (χ4v) is 2.95. The van der Waals surface area contributed by atoms with Gasteiger partial charge < -0.3 is 14.4 Å². The average Bonchev–Trinajstić information content (AvgIpc) is 2.55. The van der Waals surface area contributed by atoms with E-state index in [0.29, 0.717) is 6.61 Å². The van der Waals surface area contributed by atoms with Gasteiger partial charge in [0.2, 0.25) is 0 Å². The molecule has 1 aromatic heterocycles. The summed E-state index contributed by atoms with van der Waals surface area (Å²) in [7, 11) is 1.68. The largest absolute Gasteiger partial charge is 0.378 e. The number of methoxy groups -OCH3 is 1. The predicted octanol–water partition coefficient (Wildman–Crippen LogP) is 2.90. The van der Waals surface area contributed by atoms with Crippen molar-refractivity contribution in [1.82, 2.24) is 9.97 Å². The van der Waals surface area contributed by atoms with Crippen LogP contribution in [0.25, 0.3) is 11.4 Å². The summed E-state index contributed by atoms with van der Waals surface area (Å²) >= 11 is 0. The molecular formula is C18H23N3O2. The van der Waals surface area contributed by atoms with Crippen LogP contribution in [0.15, 0.2) is 36.4 Å². The summed E-state index contributed by atoms with van der Waals surface area (Å²) in [6.07, 6.45) is 0.388. The summed E-state index contributed by atoms with van der Waals surface area (Å²) < 4.78 is 11.1. The SMILES string of the molecule is COCc1cc(N2C[C@@H](C)O[C@@H](C)C2)nc(-c2ccccc2)n1. The van der Waals surface area contributed by atoms with E-state index in [1.54, 1.807) is 7.11 Å². The van der Waals surface area contributed by atoms with Crippen molar-refractivity contribution in [3.05, 3.63) is 42.1 Å². The molecule has 5 heteroatoms. The van der Waals surface area contributed by atoms with Crippen LogP contribution in [0.1, 0.15) is 19.5 Å². The summed E-state index contributed by atoms with van der Waals surface area (Å²) in [6, 6.07) is 12.1. The Hall–Kier alpha value is -1.98. The van der Waals surface area contributed by atoms with Crippen LogP contribution >= 0.6 is 0 Å². The highest BCUT2D eigenvalue weighted by atomic mass is 16.5.